The van der Waals surface area contributed by atoms with E-state index >= 15 is 0 Å². The van der Waals surface area contributed by atoms with Crippen LogP contribution in [-0.4, -0.2) is 13.1 Å². The molecule has 0 aromatic heterocycles. The Bertz CT molecular complexity index is 448. The summed E-state index contributed by atoms with van der Waals surface area (Å²) in [4.78, 5) is 10.8. The highest BCUT2D eigenvalue weighted by Gasteiger charge is 2.30. The van der Waals surface area contributed by atoms with E-state index < -0.39 is 17.7 Å². The second kappa shape index (κ2) is 5.03. The van der Waals surface area contributed by atoms with E-state index in [1.807, 2.05) is 0 Å². The van der Waals surface area contributed by atoms with Crippen LogP contribution in [0.15, 0.2) is 24.3 Å². The van der Waals surface area contributed by atoms with Crippen LogP contribution in [0.3, 0.4) is 0 Å². The molecule has 0 N–H and O–H groups in total. The van der Waals surface area contributed by atoms with Crippen LogP contribution in [0, 0.1) is 6.92 Å². The summed E-state index contributed by atoms with van der Waals surface area (Å²) >= 11 is 0. The van der Waals surface area contributed by atoms with Crippen molar-refractivity contribution in [2.45, 2.75) is 13.1 Å². The van der Waals surface area contributed by atoms with Crippen molar-refractivity contribution in [1.82, 2.24) is 0 Å². The molecule has 0 bridgehead atoms. The van der Waals surface area contributed by atoms with Crippen LogP contribution in [0.2, 0.25) is 0 Å². The number of alkyl halides is 3. The number of hydrogen-bond donors (Lipinski definition) is 0. The fraction of sp³-hybridized carbons (Fsp3) is 0.250. The van der Waals surface area contributed by atoms with Crippen molar-refractivity contribution in [3.8, 4) is 0 Å². The summed E-state index contributed by atoms with van der Waals surface area (Å²) in [6, 6.07) is 3.33. The van der Waals surface area contributed by atoms with E-state index in [0.29, 0.717) is 11.1 Å². The van der Waals surface area contributed by atoms with Crippen LogP contribution in [0.5, 0.6) is 0 Å². The van der Waals surface area contributed by atoms with Gasteiger partial charge in [0.1, 0.15) is 0 Å². The van der Waals surface area contributed by atoms with Gasteiger partial charge in [0.15, 0.2) is 0 Å². The maximum atomic E-state index is 12.4. The van der Waals surface area contributed by atoms with E-state index in [4.69, 9.17) is 0 Å². The van der Waals surface area contributed by atoms with Crippen LogP contribution in [-0.2, 0) is 15.7 Å². The minimum absolute atomic E-state index is 0.444. The van der Waals surface area contributed by atoms with Crippen molar-refractivity contribution >= 4 is 12.0 Å². The lowest BCUT2D eigenvalue weighted by Crippen LogP contribution is -2.05. The molecular formula is C12H11F3O2. The molecule has 0 aliphatic carbocycles. The molecule has 1 rings (SSSR count). The molecule has 0 saturated carbocycles. The Hall–Kier alpha value is -1.78. The minimum atomic E-state index is -4.35. The van der Waals surface area contributed by atoms with Gasteiger partial charge in [0, 0.05) is 6.08 Å². The topological polar surface area (TPSA) is 26.3 Å². The van der Waals surface area contributed by atoms with Crippen molar-refractivity contribution in [2.75, 3.05) is 7.11 Å². The molecule has 1 aromatic carbocycles. The summed E-state index contributed by atoms with van der Waals surface area (Å²) in [6.07, 6.45) is -1.77. The lowest BCUT2D eigenvalue weighted by Gasteiger charge is -2.08. The number of carbonyl (C=O) groups is 1. The van der Waals surface area contributed by atoms with E-state index in [9.17, 15) is 18.0 Å². The molecule has 0 unspecified atom stereocenters. The van der Waals surface area contributed by atoms with Crippen molar-refractivity contribution in [3.63, 3.8) is 0 Å². The summed E-state index contributed by atoms with van der Waals surface area (Å²) in [6.45, 7) is 1.55. The molecule has 0 spiro atoms. The molecule has 0 aliphatic heterocycles. The molecule has 2 nitrogen and oxygen atoms in total. The third-order valence-corrected chi connectivity index (χ3v) is 2.20. The average Bonchev–Trinajstić information content (AvgIpc) is 2.25. The van der Waals surface area contributed by atoms with Crippen LogP contribution in [0.25, 0.3) is 6.08 Å². The molecule has 0 amide bonds. The molecule has 0 heterocycles. The first-order chi connectivity index (χ1) is 7.84. The highest BCUT2D eigenvalue weighted by molar-refractivity contribution is 5.87. The third-order valence-electron chi connectivity index (χ3n) is 2.20. The Balaban J connectivity index is 2.99. The van der Waals surface area contributed by atoms with Crippen molar-refractivity contribution in [3.05, 3.63) is 41.0 Å². The van der Waals surface area contributed by atoms with Gasteiger partial charge in [-0.05, 0) is 36.3 Å². The number of esters is 1. The van der Waals surface area contributed by atoms with Gasteiger partial charge >= 0.3 is 12.1 Å². The Labute approximate surface area is 96.7 Å². The van der Waals surface area contributed by atoms with E-state index in [1.165, 1.54) is 19.3 Å². The monoisotopic (exact) mass is 244 g/mol. The van der Waals surface area contributed by atoms with Gasteiger partial charge < -0.3 is 4.74 Å². The summed E-state index contributed by atoms with van der Waals surface area (Å²) in [5.74, 6) is -0.552. The number of rotatable bonds is 2. The van der Waals surface area contributed by atoms with Crippen LogP contribution in [0.4, 0.5) is 13.2 Å². The van der Waals surface area contributed by atoms with Crippen molar-refractivity contribution in [1.29, 1.82) is 0 Å². The van der Waals surface area contributed by atoms with Crippen LogP contribution in [0.1, 0.15) is 16.7 Å². The molecule has 0 aliphatic rings. The van der Waals surface area contributed by atoms with Crippen molar-refractivity contribution in [2.24, 2.45) is 0 Å². The fourth-order valence-corrected chi connectivity index (χ4v) is 1.26. The summed E-state index contributed by atoms with van der Waals surface area (Å²) < 4.78 is 41.5. The van der Waals surface area contributed by atoms with E-state index in [-0.39, 0.29) is 0 Å². The first-order valence-corrected chi connectivity index (χ1v) is 4.78. The predicted molar refractivity (Wildman–Crippen MR) is 57.2 cm³/mol. The first-order valence-electron chi connectivity index (χ1n) is 4.78. The lowest BCUT2D eigenvalue weighted by atomic mass is 10.0. The van der Waals surface area contributed by atoms with Gasteiger partial charge in [-0.1, -0.05) is 6.07 Å². The summed E-state index contributed by atoms with van der Waals surface area (Å²) in [5, 5.41) is 0. The molecule has 0 radical (unpaired) electrons. The second-order valence-corrected chi connectivity index (χ2v) is 3.43. The molecule has 0 atom stereocenters. The summed E-state index contributed by atoms with van der Waals surface area (Å²) in [7, 11) is 1.23. The second-order valence-electron chi connectivity index (χ2n) is 3.43. The lowest BCUT2D eigenvalue weighted by molar-refractivity contribution is -0.137. The molecule has 92 valence electrons. The number of methoxy groups -OCH3 is 1. The van der Waals surface area contributed by atoms with E-state index in [1.54, 1.807) is 6.92 Å². The van der Waals surface area contributed by atoms with Gasteiger partial charge in [-0.25, -0.2) is 4.79 Å². The highest BCUT2D eigenvalue weighted by atomic mass is 19.4. The number of aryl methyl sites for hydroxylation is 1. The summed E-state index contributed by atoms with van der Waals surface area (Å²) in [5.41, 5.74) is 0.286. The van der Waals surface area contributed by atoms with Crippen LogP contribution < -0.4 is 0 Å². The van der Waals surface area contributed by atoms with Gasteiger partial charge in [-0.3, -0.25) is 0 Å². The van der Waals surface area contributed by atoms with E-state index in [2.05, 4.69) is 4.74 Å². The number of ether oxygens (including phenoxy) is 1. The number of hydrogen-bond acceptors (Lipinski definition) is 2. The van der Waals surface area contributed by atoms with Crippen molar-refractivity contribution < 1.29 is 22.7 Å². The zero-order chi connectivity index (χ0) is 13.1. The molecular weight excluding hydrogens is 233 g/mol. The maximum Gasteiger partial charge on any atom is 0.416 e. The smallest absolute Gasteiger partial charge is 0.416 e. The molecule has 1 aromatic rings. The van der Waals surface area contributed by atoms with Gasteiger partial charge in [-0.15, -0.1) is 0 Å². The maximum absolute atomic E-state index is 12.4. The predicted octanol–water partition coefficient (Wildman–Crippen LogP) is 3.20. The van der Waals surface area contributed by atoms with Gasteiger partial charge in [-0.2, -0.15) is 13.2 Å². The van der Waals surface area contributed by atoms with Gasteiger partial charge in [0.05, 0.1) is 12.7 Å². The molecule has 0 saturated heterocycles. The number of benzene rings is 1. The Kier molecular flexibility index (Phi) is 3.93. The standard InChI is InChI=1S/C12H11F3O2/c1-8-7-10(12(13,14)15)5-3-9(8)4-6-11(16)17-2/h3-7H,1-2H3/b6-4+. The largest absolute Gasteiger partial charge is 0.466 e. The average molecular weight is 244 g/mol. The Morgan fingerprint density at radius 2 is 2.00 bits per heavy atom. The SMILES string of the molecule is COC(=O)/C=C/c1ccc(C(F)(F)F)cc1C. The quantitative estimate of drug-likeness (QED) is 0.590. The molecule has 5 heteroatoms. The fourth-order valence-electron chi connectivity index (χ4n) is 1.26. The zero-order valence-electron chi connectivity index (χ0n) is 9.34. The van der Waals surface area contributed by atoms with E-state index in [0.717, 1.165) is 18.2 Å². The normalized spacial score (nSPS) is 11.8. The zero-order valence-corrected chi connectivity index (χ0v) is 9.34. The third kappa shape index (κ3) is 3.62. The van der Waals surface area contributed by atoms with Gasteiger partial charge in [0.25, 0.3) is 0 Å². The van der Waals surface area contributed by atoms with Crippen LogP contribution >= 0.6 is 0 Å². The van der Waals surface area contributed by atoms with Gasteiger partial charge in [0.2, 0.25) is 0 Å². The Morgan fingerprint density at radius 1 is 1.35 bits per heavy atom. The molecule has 17 heavy (non-hydrogen) atoms. The first kappa shape index (κ1) is 13.3. The number of carbonyl (C=O) groups excluding carboxylic acids is 1. The minimum Gasteiger partial charge on any atom is -0.466 e. The molecule has 0 fully saturated rings. The highest BCUT2D eigenvalue weighted by Crippen LogP contribution is 2.30. The Morgan fingerprint density at radius 3 is 2.47 bits per heavy atom. The number of halogens is 3.